The van der Waals surface area contributed by atoms with Gasteiger partial charge in [0.1, 0.15) is 6.04 Å². The summed E-state index contributed by atoms with van der Waals surface area (Å²) in [5.41, 5.74) is 5.63. The molecule has 3 aromatic rings. The molecule has 0 saturated carbocycles. The summed E-state index contributed by atoms with van der Waals surface area (Å²) < 4.78 is 0. The number of carbonyl (C=O) groups excluding carboxylic acids is 2. The molecule has 184 valence electrons. The van der Waals surface area contributed by atoms with Crippen LogP contribution in [0.3, 0.4) is 0 Å². The molecule has 35 heavy (non-hydrogen) atoms. The van der Waals surface area contributed by atoms with E-state index in [1.54, 1.807) is 4.90 Å². The number of carbonyl (C=O) groups is 2. The first-order valence-electron chi connectivity index (χ1n) is 12.6. The molecule has 0 saturated heterocycles. The molecule has 4 heteroatoms. The van der Waals surface area contributed by atoms with E-state index in [9.17, 15) is 9.59 Å². The average Bonchev–Trinajstić information content (AvgIpc) is 2.85. The summed E-state index contributed by atoms with van der Waals surface area (Å²) in [6.07, 6.45) is 1.49. The zero-order chi connectivity index (χ0) is 25.2. The van der Waals surface area contributed by atoms with Crippen molar-refractivity contribution in [3.8, 4) is 0 Å². The molecule has 0 aliphatic rings. The number of hydrogen-bond acceptors (Lipinski definition) is 2. The monoisotopic (exact) mass is 470 g/mol. The van der Waals surface area contributed by atoms with Crippen molar-refractivity contribution in [3.63, 3.8) is 0 Å². The van der Waals surface area contributed by atoms with Crippen LogP contribution in [0.1, 0.15) is 60.9 Å². The van der Waals surface area contributed by atoms with Crippen molar-refractivity contribution < 1.29 is 9.59 Å². The molecule has 0 bridgehead atoms. The number of benzene rings is 3. The zero-order valence-electron chi connectivity index (χ0n) is 21.5. The number of hydrogen-bond donors (Lipinski definition) is 1. The highest BCUT2D eigenvalue weighted by Crippen LogP contribution is 2.19. The number of likely N-dealkylation sites (N-methyl/N-ethyl adjacent to an activating group) is 1. The van der Waals surface area contributed by atoms with Gasteiger partial charge >= 0.3 is 0 Å². The number of aryl methyl sites for hydroxylation is 2. The first-order valence-corrected chi connectivity index (χ1v) is 12.6. The van der Waals surface area contributed by atoms with E-state index in [0.717, 1.165) is 22.3 Å². The highest BCUT2D eigenvalue weighted by molar-refractivity contribution is 5.88. The van der Waals surface area contributed by atoms with E-state index in [1.807, 2.05) is 62.4 Å². The summed E-state index contributed by atoms with van der Waals surface area (Å²) in [6.45, 7) is 9.23. The first kappa shape index (κ1) is 26.2. The Morgan fingerprint density at radius 3 is 2.17 bits per heavy atom. The van der Waals surface area contributed by atoms with E-state index in [2.05, 4.69) is 49.5 Å². The Morgan fingerprint density at radius 2 is 1.54 bits per heavy atom. The lowest BCUT2D eigenvalue weighted by Gasteiger charge is -2.31. The third-order valence-corrected chi connectivity index (χ3v) is 6.33. The van der Waals surface area contributed by atoms with Gasteiger partial charge < -0.3 is 10.2 Å². The highest BCUT2D eigenvalue weighted by atomic mass is 16.2. The third-order valence-electron chi connectivity index (χ3n) is 6.33. The van der Waals surface area contributed by atoms with Crippen LogP contribution < -0.4 is 5.32 Å². The maximum absolute atomic E-state index is 13.7. The number of nitrogens with zero attached hydrogens (tertiary/aromatic N) is 1. The summed E-state index contributed by atoms with van der Waals surface area (Å²) in [4.78, 5) is 28.7. The molecule has 3 aromatic carbocycles. The van der Waals surface area contributed by atoms with Crippen molar-refractivity contribution in [2.45, 2.75) is 65.5 Å². The van der Waals surface area contributed by atoms with Crippen LogP contribution in [-0.2, 0) is 29.0 Å². The molecule has 0 radical (unpaired) electrons. The molecule has 0 aromatic heterocycles. The molecule has 0 fully saturated rings. The van der Waals surface area contributed by atoms with Crippen LogP contribution in [0.25, 0.3) is 0 Å². The van der Waals surface area contributed by atoms with E-state index in [-0.39, 0.29) is 11.8 Å². The second-order valence-electron chi connectivity index (χ2n) is 9.51. The predicted octanol–water partition coefficient (Wildman–Crippen LogP) is 5.83. The molecule has 0 spiro atoms. The summed E-state index contributed by atoms with van der Waals surface area (Å²) in [5.74, 6) is 0.358. The van der Waals surface area contributed by atoms with Crippen LogP contribution in [0, 0.1) is 6.92 Å². The lowest BCUT2D eigenvalue weighted by Crippen LogP contribution is -2.50. The van der Waals surface area contributed by atoms with Crippen LogP contribution in [-0.4, -0.2) is 29.3 Å². The maximum Gasteiger partial charge on any atom is 0.243 e. The lowest BCUT2D eigenvalue weighted by molar-refractivity contribution is -0.141. The topological polar surface area (TPSA) is 49.4 Å². The minimum atomic E-state index is -0.575. The van der Waals surface area contributed by atoms with Crippen molar-refractivity contribution >= 4 is 11.8 Å². The van der Waals surface area contributed by atoms with Crippen molar-refractivity contribution in [2.24, 2.45) is 0 Å². The summed E-state index contributed by atoms with van der Waals surface area (Å²) in [7, 11) is 0. The number of nitrogens with one attached hydrogen (secondary N) is 1. The van der Waals surface area contributed by atoms with Gasteiger partial charge in [0.15, 0.2) is 0 Å². The molecular weight excluding hydrogens is 432 g/mol. The van der Waals surface area contributed by atoms with Gasteiger partial charge in [0.2, 0.25) is 11.8 Å². The Hall–Kier alpha value is -3.40. The van der Waals surface area contributed by atoms with Crippen molar-refractivity contribution in [2.75, 3.05) is 6.54 Å². The van der Waals surface area contributed by atoms with Crippen LogP contribution in [0.2, 0.25) is 0 Å². The molecule has 2 amide bonds. The van der Waals surface area contributed by atoms with Crippen molar-refractivity contribution in [3.05, 3.63) is 107 Å². The van der Waals surface area contributed by atoms with Gasteiger partial charge in [-0.15, -0.1) is 0 Å². The van der Waals surface area contributed by atoms with Gasteiger partial charge in [-0.3, -0.25) is 9.59 Å². The standard InChI is InChI=1S/C31H38N2O2/c1-5-32-31(35)29(21-26-11-7-6-8-12-26)33(22-27-13-9-10-24(4)20-27)30(34)19-16-25-14-17-28(18-15-25)23(2)3/h6-15,17-18,20,23,29H,5,16,19,21-22H2,1-4H3,(H,32,35)/t29-/m0/s1. The lowest BCUT2D eigenvalue weighted by atomic mass is 9.99. The SMILES string of the molecule is CCNC(=O)[C@H](Cc1ccccc1)N(Cc1cccc(C)c1)C(=O)CCc1ccc(C(C)C)cc1. The summed E-state index contributed by atoms with van der Waals surface area (Å²) in [5, 5.41) is 2.96. The fourth-order valence-corrected chi connectivity index (χ4v) is 4.32. The minimum absolute atomic E-state index is 0.00775. The van der Waals surface area contributed by atoms with Crippen LogP contribution in [0.15, 0.2) is 78.9 Å². The molecule has 4 nitrogen and oxygen atoms in total. The highest BCUT2D eigenvalue weighted by Gasteiger charge is 2.29. The van der Waals surface area contributed by atoms with Gasteiger partial charge in [-0.2, -0.15) is 0 Å². The normalized spacial score (nSPS) is 11.8. The van der Waals surface area contributed by atoms with Gasteiger partial charge in [-0.05, 0) is 48.4 Å². The first-order chi connectivity index (χ1) is 16.9. The van der Waals surface area contributed by atoms with Crippen LogP contribution in [0.4, 0.5) is 0 Å². The fraction of sp³-hybridized carbons (Fsp3) is 0.355. The summed E-state index contributed by atoms with van der Waals surface area (Å²) >= 11 is 0. The van der Waals surface area contributed by atoms with E-state index in [4.69, 9.17) is 0 Å². The van der Waals surface area contributed by atoms with E-state index >= 15 is 0 Å². The second-order valence-corrected chi connectivity index (χ2v) is 9.51. The zero-order valence-corrected chi connectivity index (χ0v) is 21.5. The van der Waals surface area contributed by atoms with E-state index in [0.29, 0.717) is 38.3 Å². The van der Waals surface area contributed by atoms with Gasteiger partial charge in [0.05, 0.1) is 0 Å². The Morgan fingerprint density at radius 1 is 0.857 bits per heavy atom. The average molecular weight is 471 g/mol. The molecule has 1 atom stereocenters. The van der Waals surface area contributed by atoms with Gasteiger partial charge in [-0.25, -0.2) is 0 Å². The van der Waals surface area contributed by atoms with Gasteiger partial charge in [0.25, 0.3) is 0 Å². The summed E-state index contributed by atoms with van der Waals surface area (Å²) in [6, 6.07) is 26.0. The van der Waals surface area contributed by atoms with Crippen molar-refractivity contribution in [1.29, 1.82) is 0 Å². The van der Waals surface area contributed by atoms with E-state index in [1.165, 1.54) is 5.56 Å². The smallest absolute Gasteiger partial charge is 0.243 e. The van der Waals surface area contributed by atoms with Crippen molar-refractivity contribution in [1.82, 2.24) is 10.2 Å². The Bertz CT molecular complexity index is 1090. The quantitative estimate of drug-likeness (QED) is 0.383. The van der Waals surface area contributed by atoms with Gasteiger partial charge in [0, 0.05) is 25.9 Å². The molecule has 3 rings (SSSR count). The van der Waals surface area contributed by atoms with Crippen LogP contribution >= 0.6 is 0 Å². The van der Waals surface area contributed by atoms with E-state index < -0.39 is 6.04 Å². The second kappa shape index (κ2) is 12.9. The van der Waals surface area contributed by atoms with Gasteiger partial charge in [-0.1, -0.05) is 98.3 Å². The predicted molar refractivity (Wildman–Crippen MR) is 143 cm³/mol. The third kappa shape index (κ3) is 7.81. The fourth-order valence-electron chi connectivity index (χ4n) is 4.32. The Labute approximate surface area is 210 Å². The molecule has 0 unspecified atom stereocenters. The number of amides is 2. The molecule has 0 aliphatic heterocycles. The Balaban J connectivity index is 1.86. The molecule has 0 aliphatic carbocycles. The largest absolute Gasteiger partial charge is 0.355 e. The Kier molecular flexibility index (Phi) is 9.66. The maximum atomic E-state index is 13.7. The number of rotatable bonds is 11. The minimum Gasteiger partial charge on any atom is -0.355 e. The molecule has 0 heterocycles. The molecule has 1 N–H and O–H groups in total. The molecular formula is C31H38N2O2. The van der Waals surface area contributed by atoms with Crippen LogP contribution in [0.5, 0.6) is 0 Å².